The van der Waals surface area contributed by atoms with Gasteiger partial charge in [0.15, 0.2) is 0 Å². The highest BCUT2D eigenvalue weighted by atomic mass is 16.5. The second kappa shape index (κ2) is 6.16. The summed E-state index contributed by atoms with van der Waals surface area (Å²) in [5, 5.41) is 0. The first kappa shape index (κ1) is 14.5. The zero-order valence-electron chi connectivity index (χ0n) is 12.6. The Labute approximate surface area is 126 Å². The van der Waals surface area contributed by atoms with Gasteiger partial charge < -0.3 is 15.4 Å². The number of nitrogens with zero attached hydrogens (tertiary/aromatic N) is 1. The molecule has 0 saturated carbocycles. The normalized spacial score (nSPS) is 29.0. The summed E-state index contributed by atoms with van der Waals surface area (Å²) in [6.07, 6.45) is 2.89. The summed E-state index contributed by atoms with van der Waals surface area (Å²) in [4.78, 5) is 14.8. The van der Waals surface area contributed by atoms with Crippen molar-refractivity contribution in [1.29, 1.82) is 0 Å². The van der Waals surface area contributed by atoms with Crippen LogP contribution in [0.2, 0.25) is 0 Å². The molecule has 2 aliphatic rings. The van der Waals surface area contributed by atoms with Gasteiger partial charge in [-0.15, -0.1) is 0 Å². The third-order valence-electron chi connectivity index (χ3n) is 4.60. The molecule has 3 atom stereocenters. The minimum Gasteiger partial charge on any atom is -0.370 e. The van der Waals surface area contributed by atoms with Gasteiger partial charge >= 0.3 is 0 Å². The number of ether oxygens (including phenoxy) is 1. The monoisotopic (exact) mass is 288 g/mol. The van der Waals surface area contributed by atoms with Crippen LogP contribution in [0.25, 0.3) is 0 Å². The Kier molecular flexibility index (Phi) is 4.27. The van der Waals surface area contributed by atoms with Crippen molar-refractivity contribution >= 4 is 5.91 Å². The van der Waals surface area contributed by atoms with Gasteiger partial charge in [0, 0.05) is 25.6 Å². The summed E-state index contributed by atoms with van der Waals surface area (Å²) in [6, 6.07) is 8.47. The zero-order chi connectivity index (χ0) is 14.8. The number of carbonyl (C=O) groups is 1. The molecule has 114 valence electrons. The largest absolute Gasteiger partial charge is 0.370 e. The molecule has 0 spiro atoms. The molecule has 1 aliphatic carbocycles. The average molecular weight is 288 g/mol. The number of carbonyl (C=O) groups excluding carboxylic acids is 1. The lowest BCUT2D eigenvalue weighted by atomic mass is 9.83. The first-order chi connectivity index (χ1) is 10.2. The van der Waals surface area contributed by atoms with Crippen LogP contribution in [0.5, 0.6) is 0 Å². The van der Waals surface area contributed by atoms with Gasteiger partial charge in [0.25, 0.3) is 0 Å². The molecule has 1 aromatic rings. The Morgan fingerprint density at radius 1 is 1.33 bits per heavy atom. The Hall–Kier alpha value is -1.39. The van der Waals surface area contributed by atoms with E-state index < -0.39 is 0 Å². The standard InChI is InChI=1S/C17H24N2O2/c1-12-10-19(11-16(9-18)21-12)17(20)15-7-6-13-4-2-3-5-14(13)8-15/h2-5,12,15-16H,6-11,18H2,1H3. The maximum atomic E-state index is 12.8. The fraction of sp³-hybridized carbons (Fsp3) is 0.588. The quantitative estimate of drug-likeness (QED) is 0.894. The van der Waals surface area contributed by atoms with E-state index in [1.807, 2.05) is 11.8 Å². The van der Waals surface area contributed by atoms with Gasteiger partial charge in [-0.2, -0.15) is 0 Å². The number of rotatable bonds is 2. The molecule has 4 nitrogen and oxygen atoms in total. The number of hydrogen-bond acceptors (Lipinski definition) is 3. The molecule has 21 heavy (non-hydrogen) atoms. The molecule has 2 N–H and O–H groups in total. The molecule has 1 aliphatic heterocycles. The van der Waals surface area contributed by atoms with Gasteiger partial charge in [0.05, 0.1) is 12.2 Å². The minimum absolute atomic E-state index is 0.0198. The number of amides is 1. The Bertz CT molecular complexity index is 517. The van der Waals surface area contributed by atoms with Gasteiger partial charge in [0.1, 0.15) is 0 Å². The summed E-state index contributed by atoms with van der Waals surface area (Å²) in [5.41, 5.74) is 8.44. The van der Waals surface area contributed by atoms with Crippen molar-refractivity contribution in [2.45, 2.75) is 38.4 Å². The van der Waals surface area contributed by atoms with E-state index in [4.69, 9.17) is 10.5 Å². The van der Waals surface area contributed by atoms with Crippen molar-refractivity contribution in [2.75, 3.05) is 19.6 Å². The number of hydrogen-bond donors (Lipinski definition) is 1. The summed E-state index contributed by atoms with van der Waals surface area (Å²) < 4.78 is 5.74. The molecule has 4 heteroatoms. The van der Waals surface area contributed by atoms with Crippen molar-refractivity contribution in [1.82, 2.24) is 4.90 Å². The molecule has 1 amide bonds. The third-order valence-corrected chi connectivity index (χ3v) is 4.60. The van der Waals surface area contributed by atoms with Crippen LogP contribution in [0.1, 0.15) is 24.5 Å². The first-order valence-electron chi connectivity index (χ1n) is 7.88. The lowest BCUT2D eigenvalue weighted by molar-refractivity contribution is -0.148. The highest BCUT2D eigenvalue weighted by Gasteiger charge is 2.33. The van der Waals surface area contributed by atoms with Crippen LogP contribution in [0, 0.1) is 5.92 Å². The molecular formula is C17H24N2O2. The van der Waals surface area contributed by atoms with Crippen LogP contribution >= 0.6 is 0 Å². The summed E-state index contributed by atoms with van der Waals surface area (Å²) in [7, 11) is 0. The van der Waals surface area contributed by atoms with Crippen LogP contribution in [0.3, 0.4) is 0 Å². The number of aryl methyl sites for hydroxylation is 1. The van der Waals surface area contributed by atoms with Crippen LogP contribution in [-0.4, -0.2) is 42.6 Å². The maximum absolute atomic E-state index is 12.8. The Balaban J connectivity index is 1.68. The van der Waals surface area contributed by atoms with E-state index in [0.717, 1.165) is 19.3 Å². The van der Waals surface area contributed by atoms with E-state index in [1.165, 1.54) is 11.1 Å². The van der Waals surface area contributed by atoms with E-state index in [1.54, 1.807) is 0 Å². The maximum Gasteiger partial charge on any atom is 0.226 e. The first-order valence-corrected chi connectivity index (χ1v) is 7.88. The van der Waals surface area contributed by atoms with Gasteiger partial charge in [-0.3, -0.25) is 4.79 Å². The highest BCUT2D eigenvalue weighted by Crippen LogP contribution is 2.27. The molecule has 0 bridgehead atoms. The summed E-state index contributed by atoms with van der Waals surface area (Å²) >= 11 is 0. The van der Waals surface area contributed by atoms with Crippen molar-refractivity contribution in [2.24, 2.45) is 11.7 Å². The summed E-state index contributed by atoms with van der Waals surface area (Å²) in [5.74, 6) is 0.390. The fourth-order valence-electron chi connectivity index (χ4n) is 3.52. The topological polar surface area (TPSA) is 55.6 Å². The Morgan fingerprint density at radius 3 is 2.86 bits per heavy atom. The molecule has 1 aromatic carbocycles. The number of morpholine rings is 1. The van der Waals surface area contributed by atoms with E-state index in [-0.39, 0.29) is 24.0 Å². The Morgan fingerprint density at radius 2 is 2.10 bits per heavy atom. The molecule has 3 unspecified atom stereocenters. The second-order valence-corrected chi connectivity index (χ2v) is 6.26. The highest BCUT2D eigenvalue weighted by molar-refractivity contribution is 5.79. The van der Waals surface area contributed by atoms with Crippen LogP contribution in [0.15, 0.2) is 24.3 Å². The van der Waals surface area contributed by atoms with E-state index in [0.29, 0.717) is 19.6 Å². The number of fused-ring (bicyclic) bond motifs is 1. The molecule has 3 rings (SSSR count). The van der Waals surface area contributed by atoms with Gasteiger partial charge in [0.2, 0.25) is 5.91 Å². The average Bonchev–Trinajstić information content (AvgIpc) is 2.53. The van der Waals surface area contributed by atoms with Crippen LogP contribution in [0.4, 0.5) is 0 Å². The predicted octanol–water partition coefficient (Wildman–Crippen LogP) is 1.37. The van der Waals surface area contributed by atoms with Gasteiger partial charge in [-0.1, -0.05) is 24.3 Å². The van der Waals surface area contributed by atoms with E-state index in [2.05, 4.69) is 24.3 Å². The molecular weight excluding hydrogens is 264 g/mol. The lowest BCUT2D eigenvalue weighted by Crippen LogP contribution is -2.53. The zero-order valence-corrected chi connectivity index (χ0v) is 12.6. The van der Waals surface area contributed by atoms with Gasteiger partial charge in [-0.25, -0.2) is 0 Å². The number of benzene rings is 1. The molecule has 0 radical (unpaired) electrons. The van der Waals surface area contributed by atoms with Crippen LogP contribution in [-0.2, 0) is 22.4 Å². The van der Waals surface area contributed by atoms with Crippen LogP contribution < -0.4 is 5.73 Å². The molecule has 1 heterocycles. The number of nitrogens with two attached hydrogens (primary N) is 1. The molecule has 1 saturated heterocycles. The van der Waals surface area contributed by atoms with Crippen molar-refractivity contribution in [3.8, 4) is 0 Å². The SMILES string of the molecule is CC1CN(C(=O)C2CCc3ccccc3C2)CC(CN)O1. The van der Waals surface area contributed by atoms with E-state index in [9.17, 15) is 4.79 Å². The summed E-state index contributed by atoms with van der Waals surface area (Å²) in [6.45, 7) is 3.81. The van der Waals surface area contributed by atoms with Crippen molar-refractivity contribution in [3.63, 3.8) is 0 Å². The second-order valence-electron chi connectivity index (χ2n) is 6.26. The smallest absolute Gasteiger partial charge is 0.226 e. The van der Waals surface area contributed by atoms with Crippen molar-refractivity contribution < 1.29 is 9.53 Å². The molecule has 0 aromatic heterocycles. The lowest BCUT2D eigenvalue weighted by Gasteiger charge is -2.38. The van der Waals surface area contributed by atoms with E-state index >= 15 is 0 Å². The molecule has 1 fully saturated rings. The third kappa shape index (κ3) is 3.11. The van der Waals surface area contributed by atoms with Crippen molar-refractivity contribution in [3.05, 3.63) is 35.4 Å². The fourth-order valence-corrected chi connectivity index (χ4v) is 3.52. The van der Waals surface area contributed by atoms with Gasteiger partial charge in [-0.05, 0) is 37.3 Å². The predicted molar refractivity (Wildman–Crippen MR) is 81.9 cm³/mol. The minimum atomic E-state index is -0.0198.